The lowest BCUT2D eigenvalue weighted by molar-refractivity contribution is -0.188. The zero-order valence-corrected chi connectivity index (χ0v) is 12.2. The van der Waals surface area contributed by atoms with Crippen LogP contribution in [0.2, 0.25) is 0 Å². The Morgan fingerprint density at radius 2 is 1.86 bits per heavy atom. The third-order valence-corrected chi connectivity index (χ3v) is 3.32. The van der Waals surface area contributed by atoms with Crippen LogP contribution in [0.5, 0.6) is 5.75 Å². The average Bonchev–Trinajstić information content (AvgIpc) is 2.40. The van der Waals surface area contributed by atoms with Crippen molar-refractivity contribution in [2.45, 2.75) is 12.2 Å². The summed E-state index contributed by atoms with van der Waals surface area (Å²) in [6.07, 6.45) is -4.44. The van der Waals surface area contributed by atoms with Gasteiger partial charge in [0, 0.05) is 37.8 Å². The second-order valence-electron chi connectivity index (χ2n) is 4.62. The van der Waals surface area contributed by atoms with Crippen LogP contribution >= 0.6 is 12.4 Å². The lowest BCUT2D eigenvalue weighted by atomic mass is 10.0. The molecule has 0 aromatic heterocycles. The molecule has 1 aliphatic heterocycles. The molecule has 0 saturated carbocycles. The summed E-state index contributed by atoms with van der Waals surface area (Å²) >= 11 is 0. The first kappa shape index (κ1) is 18.0. The number of alkyl halides is 3. The van der Waals surface area contributed by atoms with Gasteiger partial charge in [-0.25, -0.2) is 4.39 Å². The van der Waals surface area contributed by atoms with Crippen molar-refractivity contribution in [1.29, 1.82) is 0 Å². The van der Waals surface area contributed by atoms with E-state index >= 15 is 0 Å². The van der Waals surface area contributed by atoms with E-state index in [4.69, 9.17) is 4.74 Å². The van der Waals surface area contributed by atoms with Crippen molar-refractivity contribution in [1.82, 2.24) is 10.2 Å². The number of hydrogen-bond acceptors (Lipinski definition) is 3. The summed E-state index contributed by atoms with van der Waals surface area (Å²) in [7, 11) is 1.24. The Morgan fingerprint density at radius 1 is 1.24 bits per heavy atom. The fraction of sp³-hybridized carbons (Fsp3) is 0.538. The summed E-state index contributed by atoms with van der Waals surface area (Å²) in [4.78, 5) is 1.34. The zero-order valence-electron chi connectivity index (χ0n) is 11.4. The summed E-state index contributed by atoms with van der Waals surface area (Å²) in [5, 5.41) is 3.01. The molecule has 1 atom stereocenters. The first-order chi connectivity index (χ1) is 9.43. The molecule has 1 saturated heterocycles. The Labute approximate surface area is 126 Å². The molecule has 1 fully saturated rings. The maximum Gasteiger partial charge on any atom is 0.408 e. The molecule has 0 radical (unpaired) electrons. The fourth-order valence-electron chi connectivity index (χ4n) is 2.43. The molecule has 1 aromatic rings. The molecule has 1 aromatic carbocycles. The maximum absolute atomic E-state index is 13.4. The Hall–Kier alpha value is -1.05. The number of rotatable bonds is 3. The number of nitrogens with zero attached hydrogens (tertiary/aromatic N) is 1. The van der Waals surface area contributed by atoms with Crippen LogP contribution in [0.15, 0.2) is 18.2 Å². The molecule has 0 spiro atoms. The highest BCUT2D eigenvalue weighted by Gasteiger charge is 2.46. The molecule has 1 heterocycles. The molecule has 0 amide bonds. The fourth-order valence-corrected chi connectivity index (χ4v) is 2.43. The van der Waals surface area contributed by atoms with Crippen molar-refractivity contribution in [2.75, 3.05) is 33.3 Å². The van der Waals surface area contributed by atoms with Gasteiger partial charge in [0.2, 0.25) is 0 Å². The third kappa shape index (κ3) is 4.21. The molecule has 0 unspecified atom stereocenters. The van der Waals surface area contributed by atoms with E-state index in [1.54, 1.807) is 0 Å². The number of halogens is 5. The highest BCUT2D eigenvalue weighted by Crippen LogP contribution is 2.41. The minimum absolute atomic E-state index is 0. The number of benzene rings is 1. The molecule has 21 heavy (non-hydrogen) atoms. The van der Waals surface area contributed by atoms with E-state index in [2.05, 4.69) is 5.32 Å². The van der Waals surface area contributed by atoms with Crippen LogP contribution in [-0.4, -0.2) is 44.4 Å². The molecule has 1 N–H and O–H groups in total. The van der Waals surface area contributed by atoms with E-state index in [0.29, 0.717) is 13.1 Å². The van der Waals surface area contributed by atoms with E-state index in [1.807, 2.05) is 0 Å². The van der Waals surface area contributed by atoms with E-state index in [1.165, 1.54) is 12.0 Å². The number of hydrogen-bond donors (Lipinski definition) is 1. The van der Waals surface area contributed by atoms with Crippen molar-refractivity contribution in [3.63, 3.8) is 0 Å². The molecule has 3 nitrogen and oxygen atoms in total. The highest BCUT2D eigenvalue weighted by molar-refractivity contribution is 5.85. The van der Waals surface area contributed by atoms with Crippen molar-refractivity contribution >= 4 is 12.4 Å². The second kappa shape index (κ2) is 7.29. The van der Waals surface area contributed by atoms with Crippen molar-refractivity contribution < 1.29 is 22.3 Å². The molecule has 8 heteroatoms. The van der Waals surface area contributed by atoms with Gasteiger partial charge in [0.05, 0.1) is 7.11 Å². The SMILES string of the molecule is COc1cc(F)ccc1[C@@H](N1CCNCC1)C(F)(F)F.Cl. The van der Waals surface area contributed by atoms with Crippen LogP contribution < -0.4 is 10.1 Å². The summed E-state index contributed by atoms with van der Waals surface area (Å²) in [6, 6.07) is 1.38. The highest BCUT2D eigenvalue weighted by atomic mass is 35.5. The number of piperazine rings is 1. The molecule has 1 aliphatic rings. The second-order valence-corrected chi connectivity index (χ2v) is 4.62. The Balaban J connectivity index is 0.00000220. The molecule has 120 valence electrons. The average molecular weight is 329 g/mol. The van der Waals surface area contributed by atoms with Gasteiger partial charge in [-0.05, 0) is 6.07 Å². The largest absolute Gasteiger partial charge is 0.496 e. The number of ether oxygens (including phenoxy) is 1. The van der Waals surface area contributed by atoms with Crippen LogP contribution in [0, 0.1) is 5.82 Å². The van der Waals surface area contributed by atoms with Gasteiger partial charge < -0.3 is 10.1 Å². The number of methoxy groups -OCH3 is 1. The van der Waals surface area contributed by atoms with Gasteiger partial charge in [-0.3, -0.25) is 4.90 Å². The lowest BCUT2D eigenvalue weighted by Crippen LogP contribution is -2.49. The van der Waals surface area contributed by atoms with Gasteiger partial charge >= 0.3 is 6.18 Å². The van der Waals surface area contributed by atoms with Gasteiger partial charge in [-0.2, -0.15) is 13.2 Å². The van der Waals surface area contributed by atoms with Crippen LogP contribution in [0.25, 0.3) is 0 Å². The van der Waals surface area contributed by atoms with Crippen LogP contribution in [-0.2, 0) is 0 Å². The normalized spacial score (nSPS) is 18.0. The monoisotopic (exact) mass is 328 g/mol. The first-order valence-electron chi connectivity index (χ1n) is 6.28. The Morgan fingerprint density at radius 3 is 2.38 bits per heavy atom. The van der Waals surface area contributed by atoms with Crippen LogP contribution in [0.1, 0.15) is 11.6 Å². The van der Waals surface area contributed by atoms with Crippen LogP contribution in [0.4, 0.5) is 17.6 Å². The van der Waals surface area contributed by atoms with Gasteiger partial charge in [-0.15, -0.1) is 12.4 Å². The molecule has 0 bridgehead atoms. The summed E-state index contributed by atoms with van der Waals surface area (Å²) in [5.74, 6) is -0.697. The van der Waals surface area contributed by atoms with Gasteiger partial charge in [-0.1, -0.05) is 6.07 Å². The molecular weight excluding hydrogens is 312 g/mol. The van der Waals surface area contributed by atoms with Gasteiger partial charge in [0.15, 0.2) is 0 Å². The topological polar surface area (TPSA) is 24.5 Å². The first-order valence-corrected chi connectivity index (χ1v) is 6.28. The summed E-state index contributed by atoms with van der Waals surface area (Å²) < 4.78 is 58.2. The zero-order chi connectivity index (χ0) is 14.8. The minimum Gasteiger partial charge on any atom is -0.496 e. The quantitative estimate of drug-likeness (QED) is 0.864. The predicted octanol–water partition coefficient (Wildman–Crippen LogP) is 2.76. The van der Waals surface area contributed by atoms with Crippen molar-refractivity contribution in [3.05, 3.63) is 29.6 Å². The standard InChI is InChI=1S/C13H16F4N2O.ClH/c1-20-11-8-9(14)2-3-10(11)12(13(15,16)17)19-6-4-18-5-7-19;/h2-3,8,12,18H,4-7H2,1H3;1H/t12-;/m1./s1. The Kier molecular flexibility index (Phi) is 6.24. The summed E-state index contributed by atoms with van der Waals surface area (Å²) in [5.41, 5.74) is -0.0525. The van der Waals surface area contributed by atoms with E-state index in [-0.39, 0.29) is 36.8 Å². The van der Waals surface area contributed by atoms with Gasteiger partial charge in [0.1, 0.15) is 17.6 Å². The van der Waals surface area contributed by atoms with E-state index in [9.17, 15) is 17.6 Å². The van der Waals surface area contributed by atoms with Crippen LogP contribution in [0.3, 0.4) is 0 Å². The van der Waals surface area contributed by atoms with E-state index < -0.39 is 18.0 Å². The third-order valence-electron chi connectivity index (χ3n) is 3.32. The van der Waals surface area contributed by atoms with Crippen molar-refractivity contribution in [2.24, 2.45) is 0 Å². The predicted molar refractivity (Wildman–Crippen MR) is 73.4 cm³/mol. The number of nitrogens with one attached hydrogen (secondary N) is 1. The molecule has 0 aliphatic carbocycles. The van der Waals surface area contributed by atoms with Crippen molar-refractivity contribution in [3.8, 4) is 5.75 Å². The molecule has 2 rings (SSSR count). The van der Waals surface area contributed by atoms with E-state index in [0.717, 1.165) is 18.2 Å². The van der Waals surface area contributed by atoms with Gasteiger partial charge in [0.25, 0.3) is 0 Å². The lowest BCUT2D eigenvalue weighted by Gasteiger charge is -2.36. The Bertz CT molecular complexity index is 464. The smallest absolute Gasteiger partial charge is 0.408 e. The minimum atomic E-state index is -4.44. The maximum atomic E-state index is 13.4. The molecular formula is C13H17ClF4N2O. The summed E-state index contributed by atoms with van der Waals surface area (Å²) in [6.45, 7) is 1.56.